The Bertz CT molecular complexity index is 836. The number of anilines is 1. The lowest BCUT2D eigenvalue weighted by Crippen LogP contribution is -2.32. The van der Waals surface area contributed by atoms with Crippen molar-refractivity contribution in [1.29, 1.82) is 0 Å². The summed E-state index contributed by atoms with van der Waals surface area (Å²) in [6, 6.07) is 12.0. The van der Waals surface area contributed by atoms with E-state index in [1.807, 2.05) is 6.92 Å². The minimum Gasteiger partial charge on any atom is -0.493 e. The lowest BCUT2D eigenvalue weighted by atomic mass is 10.2. The Morgan fingerprint density at radius 1 is 1.00 bits per heavy atom. The zero-order valence-electron chi connectivity index (χ0n) is 15.3. The first-order valence-electron chi connectivity index (χ1n) is 8.17. The van der Waals surface area contributed by atoms with Crippen LogP contribution in [0.25, 0.3) is 0 Å². The smallest absolute Gasteiger partial charge is 0.329 e. The van der Waals surface area contributed by atoms with Gasteiger partial charge in [-0.15, -0.1) is 0 Å². The van der Waals surface area contributed by atoms with E-state index in [1.165, 1.54) is 20.4 Å². The van der Waals surface area contributed by atoms with Crippen LogP contribution < -0.4 is 25.0 Å². The Balaban J connectivity index is 1.97. The molecule has 8 heteroatoms. The van der Waals surface area contributed by atoms with Gasteiger partial charge in [-0.1, -0.05) is 12.1 Å². The summed E-state index contributed by atoms with van der Waals surface area (Å²) in [6.07, 6.45) is 1.39. The molecule has 2 aromatic carbocycles. The lowest BCUT2D eigenvalue weighted by Gasteiger charge is -2.10. The van der Waals surface area contributed by atoms with E-state index >= 15 is 0 Å². The highest BCUT2D eigenvalue weighted by Gasteiger charge is 2.15. The number of hydrogen-bond donors (Lipinski definition) is 2. The van der Waals surface area contributed by atoms with E-state index in [2.05, 4.69) is 15.8 Å². The molecule has 2 amide bonds. The van der Waals surface area contributed by atoms with Gasteiger partial charge in [-0.05, 0) is 42.8 Å². The molecule has 2 rings (SSSR count). The first kappa shape index (κ1) is 19.8. The van der Waals surface area contributed by atoms with Crippen LogP contribution in [0, 0.1) is 0 Å². The van der Waals surface area contributed by atoms with Crippen molar-refractivity contribution in [3.63, 3.8) is 0 Å². The summed E-state index contributed by atoms with van der Waals surface area (Å²) in [5.74, 6) is -0.177. The molecule has 0 aliphatic heterocycles. The van der Waals surface area contributed by atoms with Crippen molar-refractivity contribution in [2.24, 2.45) is 5.10 Å². The van der Waals surface area contributed by atoms with Gasteiger partial charge in [-0.3, -0.25) is 9.59 Å². The van der Waals surface area contributed by atoms with Crippen molar-refractivity contribution in [1.82, 2.24) is 5.43 Å². The Kier molecular flexibility index (Phi) is 7.18. The standard InChI is InChI=1S/C19H21N3O5/c1-4-27-15-8-6-5-7-14(15)21-18(23)19(24)22-20-12-13-9-10-16(25-2)17(11-13)26-3/h5-12H,4H2,1-3H3,(H,21,23)(H,22,24). The number of hydrazone groups is 1. The zero-order valence-corrected chi connectivity index (χ0v) is 15.3. The largest absolute Gasteiger partial charge is 0.493 e. The second kappa shape index (κ2) is 9.81. The summed E-state index contributed by atoms with van der Waals surface area (Å²) in [5.41, 5.74) is 3.24. The molecular weight excluding hydrogens is 350 g/mol. The average molecular weight is 371 g/mol. The van der Waals surface area contributed by atoms with E-state index in [0.29, 0.717) is 35.1 Å². The van der Waals surface area contributed by atoms with Gasteiger partial charge in [0, 0.05) is 0 Å². The molecule has 0 atom stereocenters. The monoisotopic (exact) mass is 371 g/mol. The molecule has 2 N–H and O–H groups in total. The molecule has 0 aromatic heterocycles. The number of nitrogens with zero attached hydrogens (tertiary/aromatic N) is 1. The minimum atomic E-state index is -0.905. The number of hydrogen-bond acceptors (Lipinski definition) is 6. The number of benzene rings is 2. The van der Waals surface area contributed by atoms with Crippen LogP contribution in [0.3, 0.4) is 0 Å². The SMILES string of the molecule is CCOc1ccccc1NC(=O)C(=O)NN=Cc1ccc(OC)c(OC)c1. The quantitative estimate of drug-likeness (QED) is 0.442. The number of para-hydroxylation sites is 2. The highest BCUT2D eigenvalue weighted by molar-refractivity contribution is 6.39. The third-order valence-corrected chi connectivity index (χ3v) is 3.43. The fourth-order valence-corrected chi connectivity index (χ4v) is 2.18. The van der Waals surface area contributed by atoms with Crippen LogP contribution in [0.15, 0.2) is 47.6 Å². The molecule has 0 unspecified atom stereocenters. The van der Waals surface area contributed by atoms with Gasteiger partial charge in [-0.25, -0.2) is 5.43 Å². The van der Waals surface area contributed by atoms with Crippen LogP contribution in [0.4, 0.5) is 5.69 Å². The summed E-state index contributed by atoms with van der Waals surface area (Å²) >= 11 is 0. The van der Waals surface area contributed by atoms with Gasteiger partial charge in [0.25, 0.3) is 0 Å². The van der Waals surface area contributed by atoms with Crippen LogP contribution in [0.2, 0.25) is 0 Å². The van der Waals surface area contributed by atoms with Crippen molar-refractivity contribution >= 4 is 23.7 Å². The number of rotatable bonds is 7. The molecule has 0 heterocycles. The van der Waals surface area contributed by atoms with Crippen LogP contribution in [-0.2, 0) is 9.59 Å². The van der Waals surface area contributed by atoms with Gasteiger partial charge < -0.3 is 19.5 Å². The summed E-state index contributed by atoms with van der Waals surface area (Å²) in [6.45, 7) is 2.27. The molecule has 0 saturated carbocycles. The van der Waals surface area contributed by atoms with Crippen molar-refractivity contribution < 1.29 is 23.8 Å². The maximum absolute atomic E-state index is 12.0. The molecule has 2 aromatic rings. The highest BCUT2D eigenvalue weighted by atomic mass is 16.5. The van der Waals surface area contributed by atoms with Gasteiger partial charge in [0.15, 0.2) is 11.5 Å². The second-order valence-corrected chi connectivity index (χ2v) is 5.20. The summed E-state index contributed by atoms with van der Waals surface area (Å²) < 4.78 is 15.7. The molecule has 0 spiro atoms. The predicted octanol–water partition coefficient (Wildman–Crippen LogP) is 2.19. The molecular formula is C19H21N3O5. The van der Waals surface area contributed by atoms with E-state index < -0.39 is 11.8 Å². The van der Waals surface area contributed by atoms with Gasteiger partial charge in [0.1, 0.15) is 5.75 Å². The van der Waals surface area contributed by atoms with Crippen molar-refractivity contribution in [2.45, 2.75) is 6.92 Å². The second-order valence-electron chi connectivity index (χ2n) is 5.20. The molecule has 0 saturated heterocycles. The minimum absolute atomic E-state index is 0.406. The van der Waals surface area contributed by atoms with Crippen molar-refractivity contribution in [3.05, 3.63) is 48.0 Å². The maximum Gasteiger partial charge on any atom is 0.329 e. The Morgan fingerprint density at radius 3 is 2.44 bits per heavy atom. The predicted molar refractivity (Wildman–Crippen MR) is 102 cm³/mol. The topological polar surface area (TPSA) is 98.2 Å². The maximum atomic E-state index is 12.0. The summed E-state index contributed by atoms with van der Waals surface area (Å²) in [4.78, 5) is 23.9. The summed E-state index contributed by atoms with van der Waals surface area (Å²) in [7, 11) is 3.05. The molecule has 27 heavy (non-hydrogen) atoms. The number of ether oxygens (including phenoxy) is 3. The lowest BCUT2D eigenvalue weighted by molar-refractivity contribution is -0.136. The van der Waals surface area contributed by atoms with E-state index in [1.54, 1.807) is 42.5 Å². The zero-order chi connectivity index (χ0) is 19.6. The van der Waals surface area contributed by atoms with Crippen LogP contribution >= 0.6 is 0 Å². The molecule has 0 bridgehead atoms. The third-order valence-electron chi connectivity index (χ3n) is 3.43. The Hall–Kier alpha value is -3.55. The van der Waals surface area contributed by atoms with Crippen LogP contribution in [0.1, 0.15) is 12.5 Å². The van der Waals surface area contributed by atoms with Crippen molar-refractivity contribution in [3.8, 4) is 17.2 Å². The molecule has 142 valence electrons. The van der Waals surface area contributed by atoms with E-state index in [9.17, 15) is 9.59 Å². The number of carbonyl (C=O) groups is 2. The molecule has 8 nitrogen and oxygen atoms in total. The first-order chi connectivity index (χ1) is 13.1. The highest BCUT2D eigenvalue weighted by Crippen LogP contribution is 2.27. The Labute approximate surface area is 157 Å². The normalized spacial score (nSPS) is 10.3. The van der Waals surface area contributed by atoms with E-state index in [4.69, 9.17) is 14.2 Å². The van der Waals surface area contributed by atoms with E-state index in [0.717, 1.165) is 0 Å². The van der Waals surface area contributed by atoms with Gasteiger partial charge in [-0.2, -0.15) is 5.10 Å². The fourth-order valence-electron chi connectivity index (χ4n) is 2.18. The summed E-state index contributed by atoms with van der Waals surface area (Å²) in [5, 5.41) is 6.27. The van der Waals surface area contributed by atoms with Gasteiger partial charge in [0.2, 0.25) is 0 Å². The number of nitrogens with one attached hydrogen (secondary N) is 2. The number of methoxy groups -OCH3 is 2. The number of carbonyl (C=O) groups excluding carboxylic acids is 2. The molecule has 0 aliphatic carbocycles. The Morgan fingerprint density at radius 2 is 1.74 bits per heavy atom. The first-order valence-corrected chi connectivity index (χ1v) is 8.17. The molecule has 0 radical (unpaired) electrons. The molecule has 0 aliphatic rings. The number of amides is 2. The third kappa shape index (κ3) is 5.46. The fraction of sp³-hybridized carbons (Fsp3) is 0.211. The molecule has 0 fully saturated rings. The van der Waals surface area contributed by atoms with Crippen LogP contribution in [0.5, 0.6) is 17.2 Å². The van der Waals surface area contributed by atoms with Gasteiger partial charge in [0.05, 0.1) is 32.7 Å². The average Bonchev–Trinajstić information content (AvgIpc) is 2.69. The van der Waals surface area contributed by atoms with Crippen LogP contribution in [-0.4, -0.2) is 38.9 Å². The van der Waals surface area contributed by atoms with Crippen molar-refractivity contribution in [2.75, 3.05) is 26.1 Å². The van der Waals surface area contributed by atoms with E-state index in [-0.39, 0.29) is 0 Å². The van der Waals surface area contributed by atoms with Gasteiger partial charge >= 0.3 is 11.8 Å².